The number of likely N-dealkylation sites (tertiary alicyclic amines) is 1. The van der Waals surface area contributed by atoms with E-state index in [4.69, 9.17) is 5.73 Å². The van der Waals surface area contributed by atoms with Crippen LogP contribution in [-0.4, -0.2) is 29.3 Å². The molecule has 0 aromatic heterocycles. The van der Waals surface area contributed by atoms with E-state index in [1.807, 2.05) is 49.9 Å². The van der Waals surface area contributed by atoms with Gasteiger partial charge in [0.2, 0.25) is 11.8 Å². The SMILES string of the molecule is CC(C)(C)[C@H](N)C(=O)Nc1ccc(CN2CCCC2=O)cc1. The number of nitrogens with zero attached hydrogens (tertiary/aromatic N) is 1. The summed E-state index contributed by atoms with van der Waals surface area (Å²) in [6.45, 7) is 7.28. The van der Waals surface area contributed by atoms with Crippen molar-refractivity contribution in [2.45, 2.75) is 46.2 Å². The molecule has 1 atom stereocenters. The number of rotatable bonds is 4. The molecule has 0 bridgehead atoms. The van der Waals surface area contributed by atoms with E-state index in [2.05, 4.69) is 5.32 Å². The van der Waals surface area contributed by atoms with Gasteiger partial charge in [-0.3, -0.25) is 9.59 Å². The van der Waals surface area contributed by atoms with Crippen LogP contribution in [0.1, 0.15) is 39.2 Å². The smallest absolute Gasteiger partial charge is 0.241 e. The standard InChI is InChI=1S/C17H25N3O2/c1-17(2,3)15(18)16(22)19-13-8-6-12(7-9-13)11-20-10-4-5-14(20)21/h6-9,15H,4-5,10-11,18H2,1-3H3,(H,19,22)/t15-/m1/s1. The Morgan fingerprint density at radius 2 is 1.95 bits per heavy atom. The van der Waals surface area contributed by atoms with Crippen LogP contribution in [0.25, 0.3) is 0 Å². The van der Waals surface area contributed by atoms with Gasteiger partial charge in [-0.25, -0.2) is 0 Å². The molecule has 2 amide bonds. The van der Waals surface area contributed by atoms with E-state index >= 15 is 0 Å². The lowest BCUT2D eigenvalue weighted by molar-refractivity contribution is -0.128. The van der Waals surface area contributed by atoms with Gasteiger partial charge in [0.25, 0.3) is 0 Å². The number of carbonyl (C=O) groups is 2. The first-order valence-corrected chi connectivity index (χ1v) is 7.70. The van der Waals surface area contributed by atoms with Crippen LogP contribution in [0.15, 0.2) is 24.3 Å². The summed E-state index contributed by atoms with van der Waals surface area (Å²) in [5.74, 6) is 0.0310. The van der Waals surface area contributed by atoms with Crippen LogP contribution < -0.4 is 11.1 Å². The monoisotopic (exact) mass is 303 g/mol. The van der Waals surface area contributed by atoms with Crippen molar-refractivity contribution in [1.82, 2.24) is 4.90 Å². The molecule has 1 heterocycles. The maximum absolute atomic E-state index is 12.1. The lowest BCUT2D eigenvalue weighted by Gasteiger charge is -2.25. The molecule has 1 aliphatic heterocycles. The second-order valence-corrected chi connectivity index (χ2v) is 6.95. The minimum atomic E-state index is -0.561. The van der Waals surface area contributed by atoms with Crippen molar-refractivity contribution in [1.29, 1.82) is 0 Å². The van der Waals surface area contributed by atoms with Gasteiger partial charge < -0.3 is 16.0 Å². The van der Waals surface area contributed by atoms with Crippen molar-refractivity contribution in [3.8, 4) is 0 Å². The van der Waals surface area contributed by atoms with Crippen molar-refractivity contribution in [2.24, 2.45) is 11.1 Å². The Balaban J connectivity index is 1.94. The second-order valence-electron chi connectivity index (χ2n) is 6.95. The van der Waals surface area contributed by atoms with E-state index in [-0.39, 0.29) is 17.2 Å². The second kappa shape index (κ2) is 6.48. The summed E-state index contributed by atoms with van der Waals surface area (Å²) in [4.78, 5) is 25.6. The molecule has 1 aromatic carbocycles. The summed E-state index contributed by atoms with van der Waals surface area (Å²) >= 11 is 0. The molecular weight excluding hydrogens is 278 g/mol. The number of carbonyl (C=O) groups excluding carboxylic acids is 2. The number of amides is 2. The maximum Gasteiger partial charge on any atom is 0.241 e. The van der Waals surface area contributed by atoms with Gasteiger partial charge in [-0.2, -0.15) is 0 Å². The van der Waals surface area contributed by atoms with Gasteiger partial charge in [0.05, 0.1) is 6.04 Å². The van der Waals surface area contributed by atoms with Gasteiger partial charge in [-0.1, -0.05) is 32.9 Å². The van der Waals surface area contributed by atoms with Gasteiger partial charge >= 0.3 is 0 Å². The Morgan fingerprint density at radius 3 is 2.45 bits per heavy atom. The third kappa shape index (κ3) is 4.07. The number of benzene rings is 1. The summed E-state index contributed by atoms with van der Waals surface area (Å²) in [6.07, 6.45) is 1.59. The molecule has 1 saturated heterocycles. The predicted octanol–water partition coefficient (Wildman–Crippen LogP) is 2.12. The molecule has 2 rings (SSSR count). The molecule has 1 aromatic rings. The van der Waals surface area contributed by atoms with Crippen LogP contribution in [0.2, 0.25) is 0 Å². The molecule has 0 saturated carbocycles. The van der Waals surface area contributed by atoms with Gasteiger partial charge in [-0.05, 0) is 29.5 Å². The number of hydrogen-bond acceptors (Lipinski definition) is 3. The molecule has 5 nitrogen and oxygen atoms in total. The van der Waals surface area contributed by atoms with Gasteiger partial charge in [-0.15, -0.1) is 0 Å². The van der Waals surface area contributed by atoms with Crippen LogP contribution >= 0.6 is 0 Å². The number of nitrogens with one attached hydrogen (secondary N) is 1. The fourth-order valence-corrected chi connectivity index (χ4v) is 2.40. The molecule has 0 radical (unpaired) electrons. The summed E-state index contributed by atoms with van der Waals surface area (Å²) in [6, 6.07) is 7.01. The highest BCUT2D eigenvalue weighted by atomic mass is 16.2. The van der Waals surface area contributed by atoms with E-state index in [1.54, 1.807) is 0 Å². The Morgan fingerprint density at radius 1 is 1.32 bits per heavy atom. The van der Waals surface area contributed by atoms with Crippen molar-refractivity contribution in [2.75, 3.05) is 11.9 Å². The molecule has 0 unspecified atom stereocenters. The summed E-state index contributed by atoms with van der Waals surface area (Å²) < 4.78 is 0. The predicted molar refractivity (Wildman–Crippen MR) is 87.2 cm³/mol. The van der Waals surface area contributed by atoms with Crippen LogP contribution in [0.4, 0.5) is 5.69 Å². The zero-order chi connectivity index (χ0) is 16.3. The van der Waals surface area contributed by atoms with Crippen LogP contribution in [0.5, 0.6) is 0 Å². The first kappa shape index (κ1) is 16.5. The fraction of sp³-hybridized carbons (Fsp3) is 0.529. The van der Waals surface area contributed by atoms with Gasteiger partial charge in [0, 0.05) is 25.2 Å². The highest BCUT2D eigenvalue weighted by molar-refractivity contribution is 5.95. The van der Waals surface area contributed by atoms with E-state index < -0.39 is 6.04 Å². The number of hydrogen-bond donors (Lipinski definition) is 2. The summed E-state index contributed by atoms with van der Waals surface area (Å²) in [5, 5.41) is 2.83. The Labute approximate surface area is 131 Å². The third-order valence-corrected chi connectivity index (χ3v) is 3.98. The summed E-state index contributed by atoms with van der Waals surface area (Å²) in [7, 11) is 0. The fourth-order valence-electron chi connectivity index (χ4n) is 2.40. The number of nitrogens with two attached hydrogens (primary N) is 1. The highest BCUT2D eigenvalue weighted by Crippen LogP contribution is 2.20. The third-order valence-electron chi connectivity index (χ3n) is 3.98. The molecule has 5 heteroatoms. The topological polar surface area (TPSA) is 75.4 Å². The number of anilines is 1. The molecule has 3 N–H and O–H groups in total. The van der Waals surface area contributed by atoms with Crippen molar-refractivity contribution >= 4 is 17.5 Å². The largest absolute Gasteiger partial charge is 0.338 e. The van der Waals surface area contributed by atoms with Gasteiger partial charge in [0.1, 0.15) is 0 Å². The Kier molecular flexibility index (Phi) is 4.86. The lowest BCUT2D eigenvalue weighted by atomic mass is 9.87. The molecule has 1 fully saturated rings. The van der Waals surface area contributed by atoms with Crippen LogP contribution in [0.3, 0.4) is 0 Å². The van der Waals surface area contributed by atoms with E-state index in [9.17, 15) is 9.59 Å². The first-order valence-electron chi connectivity index (χ1n) is 7.70. The minimum absolute atomic E-state index is 0.185. The van der Waals surface area contributed by atoms with E-state index in [0.717, 1.165) is 24.2 Å². The molecular formula is C17H25N3O2. The Bertz CT molecular complexity index is 546. The van der Waals surface area contributed by atoms with Crippen LogP contribution in [-0.2, 0) is 16.1 Å². The zero-order valence-corrected chi connectivity index (χ0v) is 13.6. The van der Waals surface area contributed by atoms with Gasteiger partial charge in [0.15, 0.2) is 0 Å². The van der Waals surface area contributed by atoms with E-state index in [1.165, 1.54) is 0 Å². The Hall–Kier alpha value is -1.88. The van der Waals surface area contributed by atoms with Crippen molar-refractivity contribution in [3.63, 3.8) is 0 Å². The summed E-state index contributed by atoms with van der Waals surface area (Å²) in [5.41, 5.74) is 7.45. The molecule has 0 spiro atoms. The van der Waals surface area contributed by atoms with Crippen molar-refractivity contribution < 1.29 is 9.59 Å². The molecule has 120 valence electrons. The normalized spacial score (nSPS) is 16.7. The quantitative estimate of drug-likeness (QED) is 0.894. The lowest BCUT2D eigenvalue weighted by Crippen LogP contribution is -2.45. The first-order chi connectivity index (χ1) is 10.3. The molecule has 0 aliphatic carbocycles. The molecule has 22 heavy (non-hydrogen) atoms. The maximum atomic E-state index is 12.1. The zero-order valence-electron chi connectivity index (χ0n) is 13.6. The minimum Gasteiger partial charge on any atom is -0.338 e. The average Bonchev–Trinajstić information content (AvgIpc) is 2.84. The van der Waals surface area contributed by atoms with Crippen LogP contribution in [0, 0.1) is 5.41 Å². The van der Waals surface area contributed by atoms with E-state index in [0.29, 0.717) is 13.0 Å². The molecule has 1 aliphatic rings. The average molecular weight is 303 g/mol. The highest BCUT2D eigenvalue weighted by Gasteiger charge is 2.27. The van der Waals surface area contributed by atoms with Crippen molar-refractivity contribution in [3.05, 3.63) is 29.8 Å².